The van der Waals surface area contributed by atoms with E-state index < -0.39 is 34.3 Å². The van der Waals surface area contributed by atoms with Crippen molar-refractivity contribution in [2.45, 2.75) is 6.18 Å². The van der Waals surface area contributed by atoms with Gasteiger partial charge in [-0.2, -0.15) is 13.2 Å². The van der Waals surface area contributed by atoms with E-state index in [2.05, 4.69) is 10.0 Å². The number of benzene rings is 3. The molecular formula is C20H17F3N2O4S. The van der Waals surface area contributed by atoms with Gasteiger partial charge in [0.2, 0.25) is 10.0 Å². The Hall–Kier alpha value is -3.27. The van der Waals surface area contributed by atoms with Crippen LogP contribution in [-0.2, 0) is 21.0 Å². The second-order valence-corrected chi connectivity index (χ2v) is 8.23. The summed E-state index contributed by atoms with van der Waals surface area (Å²) >= 11 is 0. The van der Waals surface area contributed by atoms with Crippen molar-refractivity contribution < 1.29 is 31.1 Å². The third-order valence-electron chi connectivity index (χ3n) is 4.01. The van der Waals surface area contributed by atoms with Crippen LogP contribution in [0.2, 0.25) is 0 Å². The highest BCUT2D eigenvalue weighted by molar-refractivity contribution is 7.92. The number of sulfonamides is 1. The maximum absolute atomic E-state index is 13.0. The van der Waals surface area contributed by atoms with Crippen molar-refractivity contribution in [3.05, 3.63) is 66.2 Å². The zero-order valence-electron chi connectivity index (χ0n) is 15.7. The van der Waals surface area contributed by atoms with Crippen molar-refractivity contribution in [3.8, 4) is 5.75 Å². The lowest BCUT2D eigenvalue weighted by molar-refractivity contribution is -0.137. The second kappa shape index (κ2) is 8.23. The molecule has 0 unspecified atom stereocenters. The van der Waals surface area contributed by atoms with E-state index in [9.17, 15) is 26.4 Å². The van der Waals surface area contributed by atoms with Crippen LogP contribution in [0.3, 0.4) is 0 Å². The molecule has 0 atom stereocenters. The van der Waals surface area contributed by atoms with Gasteiger partial charge in [-0.05, 0) is 41.1 Å². The first-order valence-corrected chi connectivity index (χ1v) is 10.5. The molecular weight excluding hydrogens is 421 g/mol. The predicted molar refractivity (Wildman–Crippen MR) is 108 cm³/mol. The number of hydrogen-bond acceptors (Lipinski definition) is 4. The van der Waals surface area contributed by atoms with Gasteiger partial charge < -0.3 is 10.1 Å². The van der Waals surface area contributed by atoms with Crippen molar-refractivity contribution in [1.29, 1.82) is 0 Å². The monoisotopic (exact) mass is 438 g/mol. The molecule has 158 valence electrons. The van der Waals surface area contributed by atoms with Crippen LogP contribution in [-0.4, -0.2) is 27.2 Å². The summed E-state index contributed by atoms with van der Waals surface area (Å²) in [5, 5.41) is 4.14. The van der Waals surface area contributed by atoms with Crippen LogP contribution in [0.1, 0.15) is 5.56 Å². The molecule has 3 aromatic rings. The molecule has 0 heterocycles. The summed E-state index contributed by atoms with van der Waals surface area (Å²) in [6.45, 7) is -0.479. The van der Waals surface area contributed by atoms with E-state index in [1.54, 1.807) is 12.1 Å². The van der Waals surface area contributed by atoms with Crippen LogP contribution < -0.4 is 14.8 Å². The molecule has 0 fully saturated rings. The van der Waals surface area contributed by atoms with Gasteiger partial charge in [-0.25, -0.2) is 8.42 Å². The number of nitrogens with one attached hydrogen (secondary N) is 2. The average Bonchev–Trinajstić information content (AvgIpc) is 2.65. The van der Waals surface area contributed by atoms with Crippen LogP contribution in [0.4, 0.5) is 24.5 Å². The molecule has 0 bridgehead atoms. The van der Waals surface area contributed by atoms with Crippen LogP contribution in [0.25, 0.3) is 10.8 Å². The SMILES string of the molecule is CS(=O)(=O)Nc1ccc(C(F)(F)F)cc1NC(=O)COc1ccc2ccccc2c1. The van der Waals surface area contributed by atoms with E-state index in [0.29, 0.717) is 11.8 Å². The van der Waals surface area contributed by atoms with Crippen molar-refractivity contribution in [2.75, 3.05) is 22.9 Å². The Kier molecular flexibility index (Phi) is 5.88. The lowest BCUT2D eigenvalue weighted by Crippen LogP contribution is -2.22. The molecule has 30 heavy (non-hydrogen) atoms. The molecule has 3 aromatic carbocycles. The molecule has 0 saturated heterocycles. The quantitative estimate of drug-likeness (QED) is 0.603. The third kappa shape index (κ3) is 5.63. The van der Waals surface area contributed by atoms with Gasteiger partial charge >= 0.3 is 6.18 Å². The van der Waals surface area contributed by atoms with E-state index in [-0.39, 0.29) is 11.4 Å². The number of fused-ring (bicyclic) bond motifs is 1. The Labute approximate surface area is 170 Å². The Morgan fingerprint density at radius 2 is 1.67 bits per heavy atom. The highest BCUT2D eigenvalue weighted by atomic mass is 32.2. The van der Waals surface area contributed by atoms with Gasteiger partial charge in [0.25, 0.3) is 5.91 Å². The lowest BCUT2D eigenvalue weighted by Gasteiger charge is -2.15. The van der Waals surface area contributed by atoms with Gasteiger partial charge in [0, 0.05) is 0 Å². The summed E-state index contributed by atoms with van der Waals surface area (Å²) in [5.74, 6) is -0.346. The molecule has 3 rings (SSSR count). The van der Waals surface area contributed by atoms with Crippen molar-refractivity contribution in [1.82, 2.24) is 0 Å². The molecule has 10 heteroatoms. The fourth-order valence-electron chi connectivity index (χ4n) is 2.71. The highest BCUT2D eigenvalue weighted by Gasteiger charge is 2.31. The fourth-order valence-corrected chi connectivity index (χ4v) is 3.28. The van der Waals surface area contributed by atoms with Gasteiger partial charge in [0.05, 0.1) is 23.2 Å². The lowest BCUT2D eigenvalue weighted by atomic mass is 10.1. The first kappa shape index (κ1) is 21.4. The third-order valence-corrected chi connectivity index (χ3v) is 4.60. The number of hydrogen-bond donors (Lipinski definition) is 2. The summed E-state index contributed by atoms with van der Waals surface area (Å²) in [6, 6.07) is 15.0. The highest BCUT2D eigenvalue weighted by Crippen LogP contribution is 2.34. The summed E-state index contributed by atoms with van der Waals surface area (Å²) in [7, 11) is -3.77. The van der Waals surface area contributed by atoms with Gasteiger partial charge in [-0.15, -0.1) is 0 Å². The molecule has 0 aliphatic carbocycles. The van der Waals surface area contributed by atoms with Crippen molar-refractivity contribution >= 4 is 38.1 Å². The Morgan fingerprint density at radius 1 is 0.967 bits per heavy atom. The van der Waals surface area contributed by atoms with Crippen LogP contribution >= 0.6 is 0 Å². The number of alkyl halides is 3. The topological polar surface area (TPSA) is 84.5 Å². The fraction of sp³-hybridized carbons (Fsp3) is 0.150. The van der Waals surface area contributed by atoms with Crippen molar-refractivity contribution in [2.24, 2.45) is 0 Å². The van der Waals surface area contributed by atoms with Gasteiger partial charge in [0.15, 0.2) is 6.61 Å². The van der Waals surface area contributed by atoms with Crippen LogP contribution in [0, 0.1) is 0 Å². The molecule has 1 amide bonds. The first-order chi connectivity index (χ1) is 14.0. The van der Waals surface area contributed by atoms with E-state index in [1.807, 2.05) is 30.3 Å². The number of carbonyl (C=O) groups is 1. The van der Waals surface area contributed by atoms with E-state index in [1.165, 1.54) is 0 Å². The largest absolute Gasteiger partial charge is 0.484 e. The first-order valence-electron chi connectivity index (χ1n) is 8.62. The number of rotatable bonds is 6. The number of anilines is 2. The van der Waals surface area contributed by atoms with Gasteiger partial charge in [-0.3, -0.25) is 9.52 Å². The van der Waals surface area contributed by atoms with Gasteiger partial charge in [0.1, 0.15) is 5.75 Å². The Morgan fingerprint density at radius 3 is 2.33 bits per heavy atom. The molecule has 0 spiro atoms. The maximum atomic E-state index is 13.0. The molecule has 2 N–H and O–H groups in total. The zero-order valence-corrected chi connectivity index (χ0v) is 16.5. The minimum atomic E-state index is -4.66. The average molecular weight is 438 g/mol. The van der Waals surface area contributed by atoms with E-state index in [4.69, 9.17) is 4.74 Å². The van der Waals surface area contributed by atoms with Crippen LogP contribution in [0.5, 0.6) is 5.75 Å². The smallest absolute Gasteiger partial charge is 0.416 e. The molecule has 0 aromatic heterocycles. The summed E-state index contributed by atoms with van der Waals surface area (Å²) in [4.78, 5) is 12.2. The maximum Gasteiger partial charge on any atom is 0.416 e. The molecule has 0 radical (unpaired) electrons. The molecule has 0 aliphatic heterocycles. The van der Waals surface area contributed by atoms with Crippen LogP contribution in [0.15, 0.2) is 60.7 Å². The normalized spacial score (nSPS) is 11.9. The Balaban J connectivity index is 1.76. The summed E-state index contributed by atoms with van der Waals surface area (Å²) in [5.41, 5.74) is -1.56. The minimum absolute atomic E-state index is 0.190. The van der Waals surface area contributed by atoms with Crippen molar-refractivity contribution in [3.63, 3.8) is 0 Å². The predicted octanol–water partition coefficient (Wildman–Crippen LogP) is 4.25. The van der Waals surface area contributed by atoms with E-state index >= 15 is 0 Å². The zero-order chi connectivity index (χ0) is 21.9. The van der Waals surface area contributed by atoms with E-state index in [0.717, 1.165) is 29.2 Å². The number of amides is 1. The summed E-state index contributed by atoms with van der Waals surface area (Å²) in [6.07, 6.45) is -3.82. The minimum Gasteiger partial charge on any atom is -0.484 e. The number of ether oxygens (including phenoxy) is 1. The van der Waals surface area contributed by atoms with Gasteiger partial charge in [-0.1, -0.05) is 30.3 Å². The Bertz CT molecular complexity index is 1190. The second-order valence-electron chi connectivity index (χ2n) is 6.48. The number of carbonyl (C=O) groups excluding carboxylic acids is 1. The number of halogens is 3. The standard InChI is InChI=1S/C20H17F3N2O4S/c1-30(27,28)25-17-9-7-15(20(21,22)23)11-18(17)24-19(26)12-29-16-8-6-13-4-2-3-5-14(13)10-16/h2-11,25H,12H2,1H3,(H,24,26). The molecule has 0 saturated carbocycles. The molecule has 6 nitrogen and oxygen atoms in total. The summed E-state index contributed by atoms with van der Waals surface area (Å²) < 4.78 is 69.4. The molecule has 0 aliphatic rings.